The van der Waals surface area contributed by atoms with Crippen LogP contribution in [0.5, 0.6) is 0 Å². The summed E-state index contributed by atoms with van der Waals surface area (Å²) in [7, 11) is 2.16. The number of carbonyl (C=O) groups excluding carboxylic acids is 1. The second-order valence-electron chi connectivity index (χ2n) is 8.58. The molecule has 2 heterocycles. The van der Waals surface area contributed by atoms with Gasteiger partial charge in [0.25, 0.3) is 5.91 Å². The molecule has 1 aromatic heterocycles. The van der Waals surface area contributed by atoms with Gasteiger partial charge in [0.1, 0.15) is 5.69 Å². The molecule has 162 valence electrons. The molecule has 0 bridgehead atoms. The van der Waals surface area contributed by atoms with Gasteiger partial charge in [0.2, 0.25) is 0 Å². The van der Waals surface area contributed by atoms with E-state index in [0.717, 1.165) is 53.9 Å². The topological polar surface area (TPSA) is 51.4 Å². The van der Waals surface area contributed by atoms with Gasteiger partial charge in [-0.2, -0.15) is 0 Å². The molecule has 4 aromatic rings. The molecular formula is C27H28N4O. The van der Waals surface area contributed by atoms with Crippen LogP contribution in [0.25, 0.3) is 22.0 Å². The largest absolute Gasteiger partial charge is 0.369 e. The summed E-state index contributed by atoms with van der Waals surface area (Å²) in [5.41, 5.74) is 6.67. The maximum absolute atomic E-state index is 13.3. The Morgan fingerprint density at radius 3 is 2.34 bits per heavy atom. The standard InChI is InChI=1S/C27H28N4O/c1-19-8-13-24-23(18-19)25(20-6-4-3-5-7-20)26(29-24)27(32)28-21-9-11-22(12-10-21)31-16-14-30(2)15-17-31/h3-13,18,29H,14-17H2,1-2H3,(H,28,32). The van der Waals surface area contributed by atoms with Crippen molar-refractivity contribution in [3.8, 4) is 11.1 Å². The van der Waals surface area contributed by atoms with E-state index >= 15 is 0 Å². The zero-order valence-electron chi connectivity index (χ0n) is 18.6. The number of anilines is 2. The van der Waals surface area contributed by atoms with Crippen molar-refractivity contribution in [2.75, 3.05) is 43.4 Å². The van der Waals surface area contributed by atoms with Crippen LogP contribution >= 0.6 is 0 Å². The van der Waals surface area contributed by atoms with Crippen LogP contribution in [0, 0.1) is 6.92 Å². The summed E-state index contributed by atoms with van der Waals surface area (Å²) in [6.07, 6.45) is 0. The minimum atomic E-state index is -0.134. The molecule has 2 N–H and O–H groups in total. The first-order valence-electron chi connectivity index (χ1n) is 11.1. The SMILES string of the molecule is Cc1ccc2[nH]c(C(=O)Nc3ccc(N4CCN(C)CC4)cc3)c(-c3ccccc3)c2c1. The Balaban J connectivity index is 1.43. The number of aromatic amines is 1. The van der Waals surface area contributed by atoms with Crippen molar-refractivity contribution < 1.29 is 4.79 Å². The zero-order chi connectivity index (χ0) is 22.1. The lowest BCUT2D eigenvalue weighted by atomic mass is 10.0. The zero-order valence-corrected chi connectivity index (χ0v) is 18.6. The van der Waals surface area contributed by atoms with E-state index in [1.54, 1.807) is 0 Å². The first-order chi connectivity index (χ1) is 15.6. The third kappa shape index (κ3) is 3.99. The van der Waals surface area contributed by atoms with Gasteiger partial charge < -0.3 is 20.1 Å². The fourth-order valence-electron chi connectivity index (χ4n) is 4.39. The number of nitrogens with one attached hydrogen (secondary N) is 2. The Labute approximate surface area is 188 Å². The summed E-state index contributed by atoms with van der Waals surface area (Å²) in [5.74, 6) is -0.134. The molecule has 32 heavy (non-hydrogen) atoms. The average molecular weight is 425 g/mol. The second-order valence-corrected chi connectivity index (χ2v) is 8.58. The highest BCUT2D eigenvalue weighted by Crippen LogP contribution is 2.33. The van der Waals surface area contributed by atoms with E-state index in [-0.39, 0.29) is 5.91 Å². The maximum Gasteiger partial charge on any atom is 0.272 e. The molecule has 5 heteroatoms. The number of likely N-dealkylation sites (N-methyl/N-ethyl adjacent to an activating group) is 1. The summed E-state index contributed by atoms with van der Waals surface area (Å²) < 4.78 is 0. The van der Waals surface area contributed by atoms with E-state index in [1.807, 2.05) is 48.5 Å². The number of fused-ring (bicyclic) bond motifs is 1. The molecule has 1 fully saturated rings. The van der Waals surface area contributed by atoms with Crippen LogP contribution in [-0.4, -0.2) is 49.0 Å². The molecule has 5 nitrogen and oxygen atoms in total. The number of amides is 1. The highest BCUT2D eigenvalue weighted by atomic mass is 16.1. The number of rotatable bonds is 4. The Bertz CT molecular complexity index is 1240. The fraction of sp³-hybridized carbons (Fsp3) is 0.222. The Morgan fingerprint density at radius 2 is 1.62 bits per heavy atom. The highest BCUT2D eigenvalue weighted by molar-refractivity contribution is 6.14. The predicted molar refractivity (Wildman–Crippen MR) is 133 cm³/mol. The smallest absolute Gasteiger partial charge is 0.272 e. The summed E-state index contributed by atoms with van der Waals surface area (Å²) in [6.45, 7) is 6.26. The lowest BCUT2D eigenvalue weighted by molar-refractivity contribution is 0.102. The van der Waals surface area contributed by atoms with E-state index in [9.17, 15) is 4.79 Å². The number of benzene rings is 3. The monoisotopic (exact) mass is 424 g/mol. The third-order valence-electron chi connectivity index (χ3n) is 6.24. The van der Waals surface area contributed by atoms with E-state index < -0.39 is 0 Å². The minimum absolute atomic E-state index is 0.134. The Morgan fingerprint density at radius 1 is 0.906 bits per heavy atom. The van der Waals surface area contributed by atoms with Crippen LogP contribution in [0.15, 0.2) is 72.8 Å². The second kappa shape index (κ2) is 8.52. The molecule has 0 saturated carbocycles. The van der Waals surface area contributed by atoms with E-state index in [4.69, 9.17) is 0 Å². The molecule has 0 unspecified atom stereocenters. The summed E-state index contributed by atoms with van der Waals surface area (Å²) in [6, 6.07) is 24.5. The number of hydrogen-bond acceptors (Lipinski definition) is 3. The Hall–Kier alpha value is -3.57. The fourth-order valence-corrected chi connectivity index (χ4v) is 4.39. The van der Waals surface area contributed by atoms with Crippen LogP contribution in [0.2, 0.25) is 0 Å². The number of carbonyl (C=O) groups is 1. The van der Waals surface area contributed by atoms with Gasteiger partial charge in [-0.1, -0.05) is 42.0 Å². The van der Waals surface area contributed by atoms with Crippen molar-refractivity contribution in [3.63, 3.8) is 0 Å². The quantitative estimate of drug-likeness (QED) is 0.477. The molecule has 0 aliphatic carbocycles. The molecular weight excluding hydrogens is 396 g/mol. The molecule has 1 saturated heterocycles. The minimum Gasteiger partial charge on any atom is -0.369 e. The van der Waals surface area contributed by atoms with Gasteiger partial charge in [-0.05, 0) is 55.9 Å². The van der Waals surface area contributed by atoms with Gasteiger partial charge in [-0.25, -0.2) is 0 Å². The van der Waals surface area contributed by atoms with E-state index in [0.29, 0.717) is 5.69 Å². The number of piperazine rings is 1. The van der Waals surface area contributed by atoms with Gasteiger partial charge >= 0.3 is 0 Å². The number of hydrogen-bond donors (Lipinski definition) is 2. The van der Waals surface area contributed by atoms with E-state index in [1.165, 1.54) is 11.3 Å². The summed E-state index contributed by atoms with van der Waals surface area (Å²) in [4.78, 5) is 21.4. The van der Waals surface area contributed by atoms with Crippen LogP contribution in [0.4, 0.5) is 11.4 Å². The first kappa shape index (κ1) is 20.3. The predicted octanol–water partition coefficient (Wildman–Crippen LogP) is 5.15. The van der Waals surface area contributed by atoms with Crippen molar-refractivity contribution >= 4 is 28.2 Å². The molecule has 0 radical (unpaired) electrons. The van der Waals surface area contributed by atoms with Crippen LogP contribution in [0.1, 0.15) is 16.1 Å². The first-order valence-corrected chi connectivity index (χ1v) is 11.1. The number of nitrogens with zero attached hydrogens (tertiary/aromatic N) is 2. The van der Waals surface area contributed by atoms with Crippen LogP contribution in [0.3, 0.4) is 0 Å². The van der Waals surface area contributed by atoms with Gasteiger partial charge in [0.05, 0.1) is 0 Å². The third-order valence-corrected chi connectivity index (χ3v) is 6.24. The number of H-pyrrole nitrogens is 1. The van der Waals surface area contributed by atoms with Crippen molar-refractivity contribution in [1.29, 1.82) is 0 Å². The molecule has 3 aromatic carbocycles. The van der Waals surface area contributed by atoms with Crippen molar-refractivity contribution in [2.45, 2.75) is 6.92 Å². The van der Waals surface area contributed by atoms with Gasteiger partial charge in [-0.15, -0.1) is 0 Å². The van der Waals surface area contributed by atoms with Gasteiger partial charge in [-0.3, -0.25) is 4.79 Å². The summed E-state index contributed by atoms with van der Waals surface area (Å²) >= 11 is 0. The molecule has 5 rings (SSSR count). The molecule has 0 spiro atoms. The highest BCUT2D eigenvalue weighted by Gasteiger charge is 2.20. The van der Waals surface area contributed by atoms with E-state index in [2.05, 4.69) is 58.3 Å². The van der Waals surface area contributed by atoms with Crippen LogP contribution < -0.4 is 10.2 Å². The Kier molecular flexibility index (Phi) is 5.41. The molecule has 0 atom stereocenters. The molecule has 1 aliphatic heterocycles. The van der Waals surface area contributed by atoms with Gasteiger partial charge in [0, 0.05) is 54.0 Å². The lowest BCUT2D eigenvalue weighted by Gasteiger charge is -2.34. The number of aryl methyl sites for hydroxylation is 1. The van der Waals surface area contributed by atoms with Gasteiger partial charge in [0.15, 0.2) is 0 Å². The lowest BCUT2D eigenvalue weighted by Crippen LogP contribution is -2.44. The molecule has 1 aliphatic rings. The molecule has 1 amide bonds. The summed E-state index contributed by atoms with van der Waals surface area (Å²) in [5, 5.41) is 4.15. The normalized spacial score (nSPS) is 14.6. The maximum atomic E-state index is 13.3. The van der Waals surface area contributed by atoms with Crippen LogP contribution in [-0.2, 0) is 0 Å². The van der Waals surface area contributed by atoms with Crippen molar-refractivity contribution in [2.24, 2.45) is 0 Å². The number of aromatic nitrogens is 1. The van der Waals surface area contributed by atoms with Crippen molar-refractivity contribution in [3.05, 3.63) is 84.1 Å². The van der Waals surface area contributed by atoms with Crippen molar-refractivity contribution in [1.82, 2.24) is 9.88 Å². The average Bonchev–Trinajstić information content (AvgIpc) is 3.19.